The van der Waals surface area contributed by atoms with Crippen LogP contribution in [0.15, 0.2) is 0 Å². The molecule has 7 heavy (non-hydrogen) atoms. The molecule has 0 radical (unpaired) electrons. The zero-order valence-electron chi connectivity index (χ0n) is 3.57. The molecule has 0 unspecified atom stereocenters. The van der Waals surface area contributed by atoms with Crippen LogP contribution in [-0.4, -0.2) is 29.7 Å². The van der Waals surface area contributed by atoms with Crippen molar-refractivity contribution >= 4 is 10.3 Å². The standard InChI is InChI=1S/CH5NO4S/c1-2(3)7(4,5)6/h3H,1H3,(H,4,5,6). The van der Waals surface area contributed by atoms with Crippen LogP contribution in [-0.2, 0) is 10.3 Å². The first-order valence-corrected chi connectivity index (χ1v) is 2.74. The summed E-state index contributed by atoms with van der Waals surface area (Å²) in [4.78, 5) is 0. The molecule has 0 aromatic rings. The van der Waals surface area contributed by atoms with Crippen LogP contribution in [0.5, 0.6) is 0 Å². The van der Waals surface area contributed by atoms with E-state index in [1.54, 1.807) is 0 Å². The van der Waals surface area contributed by atoms with Gasteiger partial charge in [0.15, 0.2) is 0 Å². The first-order valence-electron chi connectivity index (χ1n) is 1.35. The highest BCUT2D eigenvalue weighted by molar-refractivity contribution is 7.83. The van der Waals surface area contributed by atoms with E-state index >= 15 is 0 Å². The lowest BCUT2D eigenvalue weighted by molar-refractivity contribution is 0.0203. The zero-order chi connectivity index (χ0) is 6.08. The number of hydroxylamine groups is 1. The van der Waals surface area contributed by atoms with E-state index in [4.69, 9.17) is 9.76 Å². The Hall–Kier alpha value is -0.170. The van der Waals surface area contributed by atoms with Crippen molar-refractivity contribution in [3.63, 3.8) is 0 Å². The van der Waals surface area contributed by atoms with Gasteiger partial charge in [0.05, 0.1) is 0 Å². The fourth-order valence-electron chi connectivity index (χ4n) is 0. The first kappa shape index (κ1) is 6.83. The summed E-state index contributed by atoms with van der Waals surface area (Å²) in [6.07, 6.45) is 0. The highest BCUT2D eigenvalue weighted by atomic mass is 32.2. The van der Waals surface area contributed by atoms with Gasteiger partial charge >= 0.3 is 10.3 Å². The molecule has 44 valence electrons. The maximum Gasteiger partial charge on any atom is 0.357 e. The van der Waals surface area contributed by atoms with E-state index in [2.05, 4.69) is 0 Å². The average Bonchev–Trinajstić information content (AvgIpc) is 1.31. The second-order valence-corrected chi connectivity index (χ2v) is 2.34. The van der Waals surface area contributed by atoms with E-state index in [9.17, 15) is 8.42 Å². The largest absolute Gasteiger partial charge is 0.357 e. The molecule has 0 heterocycles. The van der Waals surface area contributed by atoms with Crippen LogP contribution >= 0.6 is 0 Å². The molecule has 0 aromatic carbocycles. The zero-order valence-corrected chi connectivity index (χ0v) is 4.38. The second-order valence-electron chi connectivity index (χ2n) is 0.912. The van der Waals surface area contributed by atoms with Gasteiger partial charge in [0, 0.05) is 7.05 Å². The van der Waals surface area contributed by atoms with Crippen molar-refractivity contribution in [2.45, 2.75) is 0 Å². The van der Waals surface area contributed by atoms with Gasteiger partial charge in [-0.3, -0.25) is 9.76 Å². The van der Waals surface area contributed by atoms with Crippen molar-refractivity contribution in [1.29, 1.82) is 0 Å². The summed E-state index contributed by atoms with van der Waals surface area (Å²) in [6.45, 7) is 0. The van der Waals surface area contributed by atoms with Crippen LogP contribution in [0.1, 0.15) is 0 Å². The molecular weight excluding hydrogens is 122 g/mol. The third kappa shape index (κ3) is 2.52. The van der Waals surface area contributed by atoms with Crippen LogP contribution in [0.2, 0.25) is 0 Å². The SMILES string of the molecule is CN(O)S(=O)(=O)O. The van der Waals surface area contributed by atoms with Gasteiger partial charge in [-0.15, -0.1) is 0 Å². The van der Waals surface area contributed by atoms with Crippen LogP contribution < -0.4 is 0 Å². The molecule has 0 aliphatic rings. The van der Waals surface area contributed by atoms with Gasteiger partial charge < -0.3 is 0 Å². The minimum atomic E-state index is -4.35. The van der Waals surface area contributed by atoms with Gasteiger partial charge in [-0.25, -0.2) is 0 Å². The molecule has 0 rings (SSSR count). The first-order chi connectivity index (χ1) is 2.94. The van der Waals surface area contributed by atoms with E-state index in [0.29, 0.717) is 0 Å². The fourth-order valence-corrected chi connectivity index (χ4v) is 0. The molecule has 0 atom stereocenters. The lowest BCUT2D eigenvalue weighted by atomic mass is 11.6. The Morgan fingerprint density at radius 1 is 1.57 bits per heavy atom. The van der Waals surface area contributed by atoms with Crippen LogP contribution in [0, 0.1) is 0 Å². The van der Waals surface area contributed by atoms with Gasteiger partial charge in [0.2, 0.25) is 0 Å². The Bertz CT molecular complexity index is 134. The smallest absolute Gasteiger partial charge is 0.298 e. The molecule has 0 aromatic heterocycles. The van der Waals surface area contributed by atoms with Crippen LogP contribution in [0.3, 0.4) is 0 Å². The van der Waals surface area contributed by atoms with E-state index in [1.165, 1.54) is 0 Å². The third-order valence-electron chi connectivity index (χ3n) is 0.334. The molecule has 6 heteroatoms. The van der Waals surface area contributed by atoms with Crippen LogP contribution in [0.25, 0.3) is 0 Å². The Balaban J connectivity index is 4.10. The summed E-state index contributed by atoms with van der Waals surface area (Å²) in [7, 11) is -3.55. The van der Waals surface area contributed by atoms with Crippen molar-refractivity contribution in [1.82, 2.24) is 4.47 Å². The van der Waals surface area contributed by atoms with Gasteiger partial charge in [-0.1, -0.05) is 4.47 Å². The predicted octanol–water partition coefficient (Wildman–Crippen LogP) is -0.890. The summed E-state index contributed by atoms with van der Waals surface area (Å²) < 4.78 is 26.6. The quantitative estimate of drug-likeness (QED) is 0.354. The Morgan fingerprint density at radius 3 is 1.71 bits per heavy atom. The molecule has 0 aliphatic heterocycles. The van der Waals surface area contributed by atoms with Gasteiger partial charge in [0.1, 0.15) is 0 Å². The summed E-state index contributed by atoms with van der Waals surface area (Å²) in [5.41, 5.74) is 0. The van der Waals surface area contributed by atoms with Crippen molar-refractivity contribution in [2.24, 2.45) is 0 Å². The molecule has 0 saturated heterocycles. The molecular formula is CH5NO4S. The van der Waals surface area contributed by atoms with Crippen molar-refractivity contribution in [3.05, 3.63) is 0 Å². The average molecular weight is 127 g/mol. The Kier molecular flexibility index (Phi) is 1.70. The van der Waals surface area contributed by atoms with E-state index in [-0.39, 0.29) is 4.47 Å². The third-order valence-corrected chi connectivity index (χ3v) is 1.00. The summed E-state index contributed by atoms with van der Waals surface area (Å²) in [5, 5.41) is 7.88. The monoisotopic (exact) mass is 127 g/mol. The molecule has 0 fully saturated rings. The topological polar surface area (TPSA) is 77.8 Å². The van der Waals surface area contributed by atoms with Crippen LogP contribution in [0.4, 0.5) is 0 Å². The van der Waals surface area contributed by atoms with E-state index in [0.717, 1.165) is 7.05 Å². The highest BCUT2D eigenvalue weighted by Crippen LogP contribution is 1.81. The maximum atomic E-state index is 9.56. The van der Waals surface area contributed by atoms with E-state index < -0.39 is 10.3 Å². The number of hydrogen-bond acceptors (Lipinski definition) is 3. The number of hydrogen-bond donors (Lipinski definition) is 2. The molecule has 5 nitrogen and oxygen atoms in total. The normalized spacial score (nSPS) is 12.6. The lowest BCUT2D eigenvalue weighted by Gasteiger charge is -1.98. The number of rotatable bonds is 1. The number of nitrogens with zero attached hydrogens (tertiary/aromatic N) is 1. The van der Waals surface area contributed by atoms with Crippen molar-refractivity contribution < 1.29 is 18.2 Å². The van der Waals surface area contributed by atoms with Gasteiger partial charge in [-0.05, 0) is 0 Å². The molecule has 0 spiro atoms. The molecule has 0 saturated carbocycles. The molecule has 0 aliphatic carbocycles. The maximum absolute atomic E-state index is 9.56. The van der Waals surface area contributed by atoms with Crippen molar-refractivity contribution in [3.8, 4) is 0 Å². The summed E-state index contributed by atoms with van der Waals surface area (Å²) in [6, 6.07) is 0. The highest BCUT2D eigenvalue weighted by Gasteiger charge is 2.06. The summed E-state index contributed by atoms with van der Waals surface area (Å²) in [5.74, 6) is 0. The lowest BCUT2D eigenvalue weighted by Crippen LogP contribution is -2.21. The second kappa shape index (κ2) is 1.74. The minimum absolute atomic E-state index is 0.285. The van der Waals surface area contributed by atoms with Crippen molar-refractivity contribution in [2.75, 3.05) is 7.05 Å². The Morgan fingerprint density at radius 2 is 1.71 bits per heavy atom. The Labute approximate surface area is 41.0 Å². The van der Waals surface area contributed by atoms with Gasteiger partial charge in [-0.2, -0.15) is 8.42 Å². The molecule has 0 amide bonds. The van der Waals surface area contributed by atoms with E-state index in [1.807, 2.05) is 0 Å². The predicted molar refractivity (Wildman–Crippen MR) is 21.1 cm³/mol. The minimum Gasteiger partial charge on any atom is -0.298 e. The molecule has 0 bridgehead atoms. The molecule has 2 N–H and O–H groups in total. The fraction of sp³-hybridized carbons (Fsp3) is 1.00. The van der Waals surface area contributed by atoms with Gasteiger partial charge in [0.25, 0.3) is 0 Å². The summed E-state index contributed by atoms with van der Waals surface area (Å²) >= 11 is 0.